The first-order valence-corrected chi connectivity index (χ1v) is 6.21. The number of rotatable bonds is 6. The van der Waals surface area contributed by atoms with Gasteiger partial charge in [-0.2, -0.15) is 0 Å². The number of aliphatic carboxylic acids is 1. The third-order valence-electron chi connectivity index (χ3n) is 2.67. The van der Waals surface area contributed by atoms with Gasteiger partial charge in [0.1, 0.15) is 6.33 Å². The van der Waals surface area contributed by atoms with Crippen LogP contribution in [0.15, 0.2) is 12.5 Å². The molecule has 1 rings (SSSR count). The molecule has 2 N–H and O–H groups in total. The van der Waals surface area contributed by atoms with E-state index in [0.717, 1.165) is 0 Å². The number of carbonyl (C=O) groups is 2. The zero-order chi connectivity index (χ0) is 14.4. The van der Waals surface area contributed by atoms with Crippen molar-refractivity contribution in [1.29, 1.82) is 0 Å². The molecule has 0 aromatic carbocycles. The third kappa shape index (κ3) is 4.65. The van der Waals surface area contributed by atoms with Crippen molar-refractivity contribution >= 4 is 11.9 Å². The summed E-state index contributed by atoms with van der Waals surface area (Å²) in [6.07, 6.45) is 2.93. The second-order valence-corrected chi connectivity index (χ2v) is 4.89. The van der Waals surface area contributed by atoms with Gasteiger partial charge in [0.15, 0.2) is 0 Å². The molecule has 0 aliphatic rings. The Labute approximate surface area is 112 Å². The van der Waals surface area contributed by atoms with E-state index in [9.17, 15) is 9.59 Å². The van der Waals surface area contributed by atoms with Crippen molar-refractivity contribution in [3.63, 3.8) is 0 Å². The van der Waals surface area contributed by atoms with Crippen molar-refractivity contribution in [2.24, 2.45) is 5.92 Å². The molecule has 0 aliphatic heterocycles. The first kappa shape index (κ1) is 15.1. The molecule has 1 atom stereocenters. The largest absolute Gasteiger partial charge is 0.481 e. The molecular formula is C13H19N3O3. The second-order valence-electron chi connectivity index (χ2n) is 4.89. The van der Waals surface area contributed by atoms with Gasteiger partial charge >= 0.3 is 5.97 Å². The summed E-state index contributed by atoms with van der Waals surface area (Å²) in [5.74, 6) is -1.12. The maximum Gasteiger partial charge on any atom is 0.303 e. The van der Waals surface area contributed by atoms with Gasteiger partial charge in [0.05, 0.1) is 11.3 Å². The number of carboxylic acid groups (broad SMARTS) is 1. The highest BCUT2D eigenvalue weighted by Gasteiger charge is 2.16. The number of nitrogens with zero attached hydrogens (tertiary/aromatic N) is 2. The van der Waals surface area contributed by atoms with Gasteiger partial charge < -0.3 is 10.4 Å². The number of amides is 1. The predicted molar refractivity (Wildman–Crippen MR) is 69.9 cm³/mol. The molecule has 0 radical (unpaired) electrons. The minimum atomic E-state index is -0.868. The summed E-state index contributed by atoms with van der Waals surface area (Å²) in [6, 6.07) is 0. The van der Waals surface area contributed by atoms with Crippen LogP contribution in [0.3, 0.4) is 0 Å². The number of carbonyl (C=O) groups excluding carboxylic acids is 1. The summed E-state index contributed by atoms with van der Waals surface area (Å²) in [5.41, 5.74) is 1.14. The van der Waals surface area contributed by atoms with E-state index in [0.29, 0.717) is 17.8 Å². The van der Waals surface area contributed by atoms with Crippen LogP contribution in [-0.2, 0) is 4.79 Å². The highest BCUT2D eigenvalue weighted by Crippen LogP contribution is 2.15. The van der Waals surface area contributed by atoms with Crippen LogP contribution in [0.4, 0.5) is 0 Å². The molecule has 0 fully saturated rings. The lowest BCUT2D eigenvalue weighted by Crippen LogP contribution is -2.30. The van der Waals surface area contributed by atoms with Gasteiger partial charge in [0.25, 0.3) is 5.91 Å². The summed E-state index contributed by atoms with van der Waals surface area (Å²) in [7, 11) is 0. The number of nitrogens with one attached hydrogen (secondary N) is 1. The lowest BCUT2D eigenvalue weighted by molar-refractivity contribution is -0.137. The predicted octanol–water partition coefficient (Wildman–Crippen LogP) is 1.44. The molecule has 0 saturated heterocycles. The Kier molecular flexibility index (Phi) is 5.41. The SMILES string of the molecule is CC(CNC(=O)c1cncnc1C(C)C)CC(=O)O. The van der Waals surface area contributed by atoms with Crippen LogP contribution in [0.2, 0.25) is 0 Å². The van der Waals surface area contributed by atoms with E-state index in [2.05, 4.69) is 15.3 Å². The summed E-state index contributed by atoms with van der Waals surface area (Å²) in [6.45, 7) is 6.00. The van der Waals surface area contributed by atoms with Gasteiger partial charge in [0.2, 0.25) is 0 Å². The third-order valence-corrected chi connectivity index (χ3v) is 2.67. The minimum absolute atomic E-state index is 0.0304. The first-order chi connectivity index (χ1) is 8.91. The topological polar surface area (TPSA) is 92.2 Å². The maximum absolute atomic E-state index is 12.0. The molecular weight excluding hydrogens is 246 g/mol. The van der Waals surface area contributed by atoms with Gasteiger partial charge in [-0.1, -0.05) is 20.8 Å². The minimum Gasteiger partial charge on any atom is -0.481 e. The Balaban J connectivity index is 2.66. The van der Waals surface area contributed by atoms with Crippen LogP contribution in [0.25, 0.3) is 0 Å². The van der Waals surface area contributed by atoms with Crippen molar-refractivity contribution in [1.82, 2.24) is 15.3 Å². The monoisotopic (exact) mass is 265 g/mol. The van der Waals surface area contributed by atoms with E-state index in [1.54, 1.807) is 6.92 Å². The van der Waals surface area contributed by atoms with Gasteiger partial charge in [-0.3, -0.25) is 9.59 Å². The molecule has 0 saturated carbocycles. The molecule has 0 spiro atoms. The Morgan fingerprint density at radius 3 is 2.63 bits per heavy atom. The van der Waals surface area contributed by atoms with Gasteiger partial charge in [-0.05, 0) is 11.8 Å². The molecule has 19 heavy (non-hydrogen) atoms. The summed E-state index contributed by atoms with van der Waals surface area (Å²) >= 11 is 0. The fraction of sp³-hybridized carbons (Fsp3) is 0.538. The van der Waals surface area contributed by atoms with Crippen LogP contribution in [0.5, 0.6) is 0 Å². The number of hydrogen-bond donors (Lipinski definition) is 2. The van der Waals surface area contributed by atoms with Crippen molar-refractivity contribution in [3.05, 3.63) is 23.8 Å². The number of aromatic nitrogens is 2. The van der Waals surface area contributed by atoms with E-state index in [4.69, 9.17) is 5.11 Å². The van der Waals surface area contributed by atoms with Crippen molar-refractivity contribution in [3.8, 4) is 0 Å². The van der Waals surface area contributed by atoms with E-state index in [1.165, 1.54) is 12.5 Å². The van der Waals surface area contributed by atoms with Gasteiger partial charge in [0, 0.05) is 19.2 Å². The molecule has 1 aromatic heterocycles. The molecule has 0 bridgehead atoms. The molecule has 1 heterocycles. The standard InChI is InChI=1S/C13H19N3O3/c1-8(2)12-10(6-14-7-16-12)13(19)15-5-9(3)4-11(17)18/h6-9H,4-5H2,1-3H3,(H,15,19)(H,17,18). The summed E-state index contributed by atoms with van der Waals surface area (Å²) in [4.78, 5) is 30.5. The summed E-state index contributed by atoms with van der Waals surface area (Å²) in [5, 5.41) is 11.4. The second kappa shape index (κ2) is 6.82. The molecule has 1 unspecified atom stereocenters. The molecule has 6 heteroatoms. The van der Waals surface area contributed by atoms with Crippen molar-refractivity contribution in [2.75, 3.05) is 6.54 Å². The molecule has 6 nitrogen and oxygen atoms in total. The molecule has 0 aliphatic carbocycles. The Hall–Kier alpha value is -1.98. The highest BCUT2D eigenvalue weighted by atomic mass is 16.4. The lowest BCUT2D eigenvalue weighted by atomic mass is 10.0. The summed E-state index contributed by atoms with van der Waals surface area (Å²) < 4.78 is 0. The zero-order valence-corrected chi connectivity index (χ0v) is 11.4. The zero-order valence-electron chi connectivity index (χ0n) is 11.4. The van der Waals surface area contributed by atoms with Gasteiger partial charge in [-0.25, -0.2) is 9.97 Å². The van der Waals surface area contributed by atoms with Crippen LogP contribution in [0, 0.1) is 5.92 Å². The normalized spacial score (nSPS) is 12.2. The molecule has 1 aromatic rings. The average Bonchev–Trinajstić information content (AvgIpc) is 2.35. The Bertz CT molecular complexity index is 460. The Morgan fingerprint density at radius 1 is 1.37 bits per heavy atom. The quantitative estimate of drug-likeness (QED) is 0.812. The fourth-order valence-corrected chi connectivity index (χ4v) is 1.71. The van der Waals surface area contributed by atoms with Crippen LogP contribution < -0.4 is 5.32 Å². The number of hydrogen-bond acceptors (Lipinski definition) is 4. The smallest absolute Gasteiger partial charge is 0.303 e. The van der Waals surface area contributed by atoms with Crippen LogP contribution in [0.1, 0.15) is 49.2 Å². The maximum atomic E-state index is 12.0. The van der Waals surface area contributed by atoms with E-state index < -0.39 is 5.97 Å². The Morgan fingerprint density at radius 2 is 2.05 bits per heavy atom. The van der Waals surface area contributed by atoms with E-state index in [-0.39, 0.29) is 24.2 Å². The van der Waals surface area contributed by atoms with Crippen molar-refractivity contribution in [2.45, 2.75) is 33.1 Å². The number of carboxylic acids is 1. The molecule has 1 amide bonds. The fourth-order valence-electron chi connectivity index (χ4n) is 1.71. The van der Waals surface area contributed by atoms with Gasteiger partial charge in [-0.15, -0.1) is 0 Å². The lowest BCUT2D eigenvalue weighted by Gasteiger charge is -2.13. The van der Waals surface area contributed by atoms with Crippen LogP contribution in [-0.4, -0.2) is 33.5 Å². The van der Waals surface area contributed by atoms with Crippen LogP contribution >= 0.6 is 0 Å². The molecule has 104 valence electrons. The van der Waals surface area contributed by atoms with E-state index in [1.807, 2.05) is 13.8 Å². The van der Waals surface area contributed by atoms with Crippen molar-refractivity contribution < 1.29 is 14.7 Å². The first-order valence-electron chi connectivity index (χ1n) is 6.21. The average molecular weight is 265 g/mol. The van der Waals surface area contributed by atoms with E-state index >= 15 is 0 Å². The highest BCUT2D eigenvalue weighted by molar-refractivity contribution is 5.95.